The topological polar surface area (TPSA) is 66.9 Å². The van der Waals surface area contributed by atoms with Crippen LogP contribution < -0.4 is 10.6 Å². The molecule has 2 rings (SSSR count). The summed E-state index contributed by atoms with van der Waals surface area (Å²) in [5.41, 5.74) is 1.33. The van der Waals surface area contributed by atoms with Gasteiger partial charge >= 0.3 is 0 Å². The number of hydrogen-bond acceptors (Lipinski definition) is 4. The summed E-state index contributed by atoms with van der Waals surface area (Å²) in [5, 5.41) is 5.95. The fraction of sp³-hybridized carbons (Fsp3) is 0.267. The Hall–Kier alpha value is -1.95. The third kappa shape index (κ3) is 4.82. The summed E-state index contributed by atoms with van der Waals surface area (Å²) < 4.78 is 0.986. The van der Waals surface area contributed by atoms with E-state index >= 15 is 0 Å². The molecule has 2 aromatic rings. The normalized spacial score (nSPS) is 10.2. The zero-order chi connectivity index (χ0) is 15.1. The van der Waals surface area contributed by atoms with E-state index in [1.54, 1.807) is 6.20 Å². The lowest BCUT2D eigenvalue weighted by atomic mass is 10.2. The van der Waals surface area contributed by atoms with Gasteiger partial charge in [-0.2, -0.15) is 0 Å². The highest BCUT2D eigenvalue weighted by molar-refractivity contribution is 9.10. The van der Waals surface area contributed by atoms with Crippen LogP contribution in [0.5, 0.6) is 0 Å². The van der Waals surface area contributed by atoms with E-state index in [-0.39, 0.29) is 5.91 Å². The van der Waals surface area contributed by atoms with Crippen molar-refractivity contribution in [2.45, 2.75) is 19.9 Å². The lowest BCUT2D eigenvalue weighted by Crippen LogP contribution is -2.24. The number of hydrogen-bond donors (Lipinski definition) is 2. The van der Waals surface area contributed by atoms with Crippen LogP contribution in [-0.4, -0.2) is 22.4 Å². The number of nitrogens with zero attached hydrogens (tertiary/aromatic N) is 2. The van der Waals surface area contributed by atoms with Crippen molar-refractivity contribution in [3.63, 3.8) is 0 Å². The zero-order valence-electron chi connectivity index (χ0n) is 11.8. The number of carbonyl (C=O) groups is 1. The summed E-state index contributed by atoms with van der Waals surface area (Å²) in [6.07, 6.45) is 4.06. The van der Waals surface area contributed by atoms with Gasteiger partial charge in [0.15, 0.2) is 0 Å². The van der Waals surface area contributed by atoms with Gasteiger partial charge in [-0.1, -0.05) is 35.0 Å². The van der Waals surface area contributed by atoms with Gasteiger partial charge in [0.25, 0.3) is 5.91 Å². The number of halogens is 1. The fourth-order valence-corrected chi connectivity index (χ4v) is 2.18. The predicted octanol–water partition coefficient (Wildman–Crippen LogP) is 2.99. The van der Waals surface area contributed by atoms with Gasteiger partial charge in [0, 0.05) is 17.6 Å². The molecule has 21 heavy (non-hydrogen) atoms. The van der Waals surface area contributed by atoms with E-state index in [9.17, 15) is 4.79 Å². The van der Waals surface area contributed by atoms with E-state index in [1.807, 2.05) is 24.3 Å². The van der Waals surface area contributed by atoms with Crippen molar-refractivity contribution in [3.8, 4) is 0 Å². The smallest absolute Gasteiger partial charge is 0.271 e. The quantitative estimate of drug-likeness (QED) is 0.841. The molecule has 0 saturated heterocycles. The van der Waals surface area contributed by atoms with Gasteiger partial charge in [-0.3, -0.25) is 9.78 Å². The largest absolute Gasteiger partial charge is 0.369 e. The minimum atomic E-state index is -0.234. The van der Waals surface area contributed by atoms with Crippen LogP contribution in [0.2, 0.25) is 0 Å². The van der Waals surface area contributed by atoms with Gasteiger partial charge in [0.2, 0.25) is 0 Å². The molecular weight excluding hydrogens is 332 g/mol. The first-order valence-corrected chi connectivity index (χ1v) is 7.57. The molecule has 0 aliphatic rings. The third-order valence-electron chi connectivity index (χ3n) is 2.77. The van der Waals surface area contributed by atoms with Gasteiger partial charge in [-0.05, 0) is 24.1 Å². The summed E-state index contributed by atoms with van der Waals surface area (Å²) in [5.74, 6) is 0.384. The molecule has 0 aliphatic heterocycles. The Morgan fingerprint density at radius 1 is 1.33 bits per heavy atom. The molecule has 1 aromatic heterocycles. The molecule has 1 amide bonds. The Kier molecular flexibility index (Phi) is 5.68. The predicted molar refractivity (Wildman–Crippen MR) is 86.1 cm³/mol. The Morgan fingerprint density at radius 2 is 2.19 bits per heavy atom. The number of aromatic nitrogens is 2. The van der Waals surface area contributed by atoms with Crippen LogP contribution in [0.15, 0.2) is 41.1 Å². The van der Waals surface area contributed by atoms with Crippen LogP contribution in [0.4, 0.5) is 5.82 Å². The van der Waals surface area contributed by atoms with Crippen LogP contribution >= 0.6 is 15.9 Å². The lowest BCUT2D eigenvalue weighted by molar-refractivity contribution is 0.0945. The highest BCUT2D eigenvalue weighted by Gasteiger charge is 2.08. The molecule has 0 fully saturated rings. The van der Waals surface area contributed by atoms with Crippen molar-refractivity contribution >= 4 is 27.7 Å². The van der Waals surface area contributed by atoms with Crippen molar-refractivity contribution in [2.75, 3.05) is 11.9 Å². The van der Waals surface area contributed by atoms with Crippen LogP contribution in [-0.2, 0) is 6.54 Å². The zero-order valence-corrected chi connectivity index (χ0v) is 13.4. The van der Waals surface area contributed by atoms with E-state index in [1.165, 1.54) is 6.20 Å². The second-order valence-electron chi connectivity index (χ2n) is 4.53. The molecule has 0 spiro atoms. The van der Waals surface area contributed by atoms with Gasteiger partial charge in [0.05, 0.1) is 12.4 Å². The van der Waals surface area contributed by atoms with Crippen LogP contribution in [0.25, 0.3) is 0 Å². The van der Waals surface area contributed by atoms with E-state index in [0.29, 0.717) is 18.1 Å². The highest BCUT2D eigenvalue weighted by atomic mass is 79.9. The van der Waals surface area contributed by atoms with Crippen molar-refractivity contribution < 1.29 is 4.79 Å². The molecule has 0 saturated carbocycles. The molecule has 0 aliphatic carbocycles. The molecule has 2 N–H and O–H groups in total. The number of anilines is 1. The van der Waals surface area contributed by atoms with Gasteiger partial charge in [-0.15, -0.1) is 0 Å². The summed E-state index contributed by atoms with van der Waals surface area (Å²) in [7, 11) is 0. The monoisotopic (exact) mass is 348 g/mol. The van der Waals surface area contributed by atoms with Crippen molar-refractivity contribution in [1.29, 1.82) is 0 Å². The average molecular weight is 349 g/mol. The average Bonchev–Trinajstić information content (AvgIpc) is 2.51. The molecule has 5 nitrogen and oxygen atoms in total. The van der Waals surface area contributed by atoms with E-state index < -0.39 is 0 Å². The van der Waals surface area contributed by atoms with Crippen LogP contribution in [0, 0.1) is 0 Å². The first-order valence-electron chi connectivity index (χ1n) is 6.77. The summed E-state index contributed by atoms with van der Waals surface area (Å²) in [6.45, 7) is 3.32. The second-order valence-corrected chi connectivity index (χ2v) is 5.44. The summed E-state index contributed by atoms with van der Waals surface area (Å²) >= 11 is 3.40. The molecule has 1 heterocycles. The number of carbonyl (C=O) groups excluding carboxylic acids is 1. The van der Waals surface area contributed by atoms with Gasteiger partial charge < -0.3 is 10.6 Å². The highest BCUT2D eigenvalue weighted by Crippen LogP contribution is 2.11. The Labute approximate surface area is 132 Å². The molecule has 0 radical (unpaired) electrons. The Bertz CT molecular complexity index is 618. The van der Waals surface area contributed by atoms with Gasteiger partial charge in [0.1, 0.15) is 11.5 Å². The maximum Gasteiger partial charge on any atom is 0.271 e. The molecule has 0 atom stereocenters. The van der Waals surface area contributed by atoms with Crippen molar-refractivity contribution in [2.24, 2.45) is 0 Å². The summed E-state index contributed by atoms with van der Waals surface area (Å²) in [6, 6.07) is 7.79. The van der Waals surface area contributed by atoms with Crippen molar-refractivity contribution in [1.82, 2.24) is 15.3 Å². The number of amides is 1. The van der Waals surface area contributed by atoms with Crippen LogP contribution in [0.3, 0.4) is 0 Å². The van der Waals surface area contributed by atoms with E-state index in [2.05, 4.69) is 43.5 Å². The molecule has 6 heteroatoms. The molecule has 0 bridgehead atoms. The first kappa shape index (κ1) is 15.4. The molecule has 1 aromatic carbocycles. The Balaban J connectivity index is 1.96. The fourth-order valence-electron chi connectivity index (χ4n) is 1.73. The molecule has 0 unspecified atom stereocenters. The van der Waals surface area contributed by atoms with Gasteiger partial charge in [-0.25, -0.2) is 4.98 Å². The minimum Gasteiger partial charge on any atom is -0.369 e. The maximum absolute atomic E-state index is 12.1. The van der Waals surface area contributed by atoms with Crippen LogP contribution in [0.1, 0.15) is 29.4 Å². The minimum absolute atomic E-state index is 0.234. The Morgan fingerprint density at radius 3 is 2.95 bits per heavy atom. The SMILES string of the molecule is CCCNc1cncc(C(=O)NCc2cccc(Br)c2)n1. The van der Waals surface area contributed by atoms with E-state index in [0.717, 1.165) is 23.0 Å². The number of benzene rings is 1. The third-order valence-corrected chi connectivity index (χ3v) is 3.26. The van der Waals surface area contributed by atoms with Crippen molar-refractivity contribution in [3.05, 3.63) is 52.4 Å². The number of nitrogens with one attached hydrogen (secondary N) is 2. The first-order chi connectivity index (χ1) is 10.2. The summed E-state index contributed by atoms with van der Waals surface area (Å²) in [4.78, 5) is 20.4. The maximum atomic E-state index is 12.1. The second kappa shape index (κ2) is 7.73. The number of rotatable bonds is 6. The standard InChI is InChI=1S/C15H17BrN4O/c1-2-6-18-14-10-17-9-13(20-14)15(21)19-8-11-4-3-5-12(16)7-11/h3-5,7,9-10H,2,6,8H2,1H3,(H,18,20)(H,19,21). The lowest BCUT2D eigenvalue weighted by Gasteiger charge is -2.07. The molecular formula is C15H17BrN4O. The molecule has 110 valence electrons. The van der Waals surface area contributed by atoms with E-state index in [4.69, 9.17) is 0 Å².